The second-order valence-electron chi connectivity index (χ2n) is 12.8. The van der Waals surface area contributed by atoms with Crippen LogP contribution < -0.4 is 0 Å². The summed E-state index contributed by atoms with van der Waals surface area (Å²) in [6.45, 7) is 0. The lowest BCUT2D eigenvalue weighted by atomic mass is 9.85. The zero-order valence-electron chi connectivity index (χ0n) is 27.2. The lowest BCUT2D eigenvalue weighted by Crippen LogP contribution is -1.96. The summed E-state index contributed by atoms with van der Waals surface area (Å²) in [4.78, 5) is 12.8. The van der Waals surface area contributed by atoms with Gasteiger partial charge in [0.1, 0.15) is 0 Å². The van der Waals surface area contributed by atoms with Crippen molar-refractivity contribution in [1.29, 1.82) is 0 Å². The van der Waals surface area contributed by atoms with E-state index in [1.54, 1.807) is 0 Å². The number of para-hydroxylation sites is 3. The van der Waals surface area contributed by atoms with E-state index in [4.69, 9.17) is 4.98 Å². The quantitative estimate of drug-likeness (QED) is 0.194. The van der Waals surface area contributed by atoms with Gasteiger partial charge in [-0.15, -0.1) is 0 Å². The third-order valence-corrected chi connectivity index (χ3v) is 10.1. The Morgan fingerprint density at radius 2 is 0.860 bits per heavy atom. The second-order valence-corrected chi connectivity index (χ2v) is 12.8. The molecular formula is C47H31N3. The third-order valence-electron chi connectivity index (χ3n) is 10.1. The average Bonchev–Trinajstić information content (AvgIpc) is 3.77. The van der Waals surface area contributed by atoms with Crippen molar-refractivity contribution in [3.8, 4) is 55.8 Å². The van der Waals surface area contributed by atoms with E-state index in [9.17, 15) is 0 Å². The highest BCUT2D eigenvalue weighted by atomic mass is 14.7. The number of rotatable bonds is 5. The van der Waals surface area contributed by atoms with Crippen molar-refractivity contribution in [1.82, 2.24) is 15.0 Å². The molecule has 234 valence electrons. The molecule has 0 fully saturated rings. The molecule has 0 unspecified atom stereocenters. The normalized spacial score (nSPS) is 11.6. The van der Waals surface area contributed by atoms with Gasteiger partial charge < -0.3 is 9.97 Å². The number of hydrogen-bond donors (Lipinski definition) is 2. The van der Waals surface area contributed by atoms with Gasteiger partial charge in [0.2, 0.25) is 0 Å². The highest BCUT2D eigenvalue weighted by Gasteiger charge is 2.23. The number of pyridine rings is 1. The summed E-state index contributed by atoms with van der Waals surface area (Å²) in [6, 6.07) is 60.7. The Labute approximate surface area is 289 Å². The van der Waals surface area contributed by atoms with Crippen molar-refractivity contribution in [2.45, 2.75) is 0 Å². The molecule has 10 aromatic rings. The number of hydrogen-bond acceptors (Lipinski definition) is 1. The summed E-state index contributed by atoms with van der Waals surface area (Å²) >= 11 is 0. The minimum Gasteiger partial charge on any atom is -0.354 e. The number of aromatic nitrogens is 3. The van der Waals surface area contributed by atoms with Crippen molar-refractivity contribution in [2.24, 2.45) is 0 Å². The lowest BCUT2D eigenvalue weighted by Gasteiger charge is -2.19. The maximum atomic E-state index is 5.17. The molecule has 0 aliphatic rings. The van der Waals surface area contributed by atoms with Crippen LogP contribution in [-0.2, 0) is 0 Å². The first-order valence-corrected chi connectivity index (χ1v) is 17.1. The molecule has 0 aliphatic carbocycles. The topological polar surface area (TPSA) is 44.5 Å². The van der Waals surface area contributed by atoms with E-state index in [0.29, 0.717) is 0 Å². The number of nitrogens with one attached hydrogen (secondary N) is 2. The first-order valence-electron chi connectivity index (χ1n) is 17.1. The molecule has 0 amide bonds. The molecule has 0 saturated carbocycles. The lowest BCUT2D eigenvalue weighted by molar-refractivity contribution is 1.33. The fourth-order valence-electron chi connectivity index (χ4n) is 7.85. The molecule has 3 aromatic heterocycles. The second kappa shape index (κ2) is 11.5. The van der Waals surface area contributed by atoms with Gasteiger partial charge in [0.05, 0.1) is 16.7 Å². The van der Waals surface area contributed by atoms with Gasteiger partial charge in [0.15, 0.2) is 0 Å². The molecule has 0 atom stereocenters. The maximum Gasteiger partial charge on any atom is 0.0788 e. The van der Waals surface area contributed by atoms with Crippen LogP contribution in [-0.4, -0.2) is 15.0 Å². The standard InChI is InChI=1S/C47H31N3/c1-2-14-30(15-3-1)31-16-4-5-17-32(31)33-18-6-7-21-36(33)44-41(28-27-40-35-20-9-11-26-43(35)50-47(40)44)45-38(24-13-29-48-45)39-23-12-22-37-34-19-8-10-25-42(34)49-46(37)39/h1-29,49-50H. The van der Waals surface area contributed by atoms with E-state index in [1.165, 1.54) is 43.8 Å². The van der Waals surface area contributed by atoms with Crippen LogP contribution in [0.4, 0.5) is 0 Å². The van der Waals surface area contributed by atoms with Crippen molar-refractivity contribution in [3.05, 3.63) is 176 Å². The van der Waals surface area contributed by atoms with Gasteiger partial charge in [0, 0.05) is 61.0 Å². The van der Waals surface area contributed by atoms with Crippen LogP contribution in [0.2, 0.25) is 0 Å². The summed E-state index contributed by atoms with van der Waals surface area (Å²) in [5, 5.41) is 4.84. The molecule has 0 bridgehead atoms. The molecule has 10 rings (SSSR count). The van der Waals surface area contributed by atoms with Crippen LogP contribution in [0.5, 0.6) is 0 Å². The predicted octanol–water partition coefficient (Wildman–Crippen LogP) is 12.7. The highest BCUT2D eigenvalue weighted by molar-refractivity contribution is 6.17. The van der Waals surface area contributed by atoms with Crippen LogP contribution in [0, 0.1) is 0 Å². The summed E-state index contributed by atoms with van der Waals surface area (Å²) < 4.78 is 0. The summed E-state index contributed by atoms with van der Waals surface area (Å²) in [5.74, 6) is 0. The smallest absolute Gasteiger partial charge is 0.0788 e. The number of benzene rings is 7. The monoisotopic (exact) mass is 637 g/mol. The first kappa shape index (κ1) is 28.3. The predicted molar refractivity (Wildman–Crippen MR) is 210 cm³/mol. The number of aromatic amines is 2. The maximum absolute atomic E-state index is 5.17. The first-order chi connectivity index (χ1) is 24.8. The fourth-order valence-corrected chi connectivity index (χ4v) is 7.85. The zero-order valence-corrected chi connectivity index (χ0v) is 27.2. The van der Waals surface area contributed by atoms with Gasteiger partial charge in [-0.2, -0.15) is 0 Å². The van der Waals surface area contributed by atoms with Gasteiger partial charge in [-0.3, -0.25) is 4.98 Å². The van der Waals surface area contributed by atoms with Gasteiger partial charge in [-0.05, 0) is 46.0 Å². The van der Waals surface area contributed by atoms with Gasteiger partial charge in [-0.25, -0.2) is 0 Å². The zero-order chi connectivity index (χ0) is 33.0. The molecular weight excluding hydrogens is 607 g/mol. The molecule has 3 heterocycles. The number of nitrogens with zero attached hydrogens (tertiary/aromatic N) is 1. The average molecular weight is 638 g/mol. The van der Waals surface area contributed by atoms with E-state index < -0.39 is 0 Å². The Bertz CT molecular complexity index is 2870. The molecule has 50 heavy (non-hydrogen) atoms. The Kier molecular flexibility index (Phi) is 6.49. The molecule has 0 radical (unpaired) electrons. The molecule has 0 spiro atoms. The van der Waals surface area contributed by atoms with Crippen molar-refractivity contribution in [2.75, 3.05) is 0 Å². The van der Waals surface area contributed by atoms with Gasteiger partial charge in [0.25, 0.3) is 0 Å². The Hall–Kier alpha value is -6.71. The summed E-state index contributed by atoms with van der Waals surface area (Å²) in [6.07, 6.45) is 1.92. The molecule has 7 aromatic carbocycles. The van der Waals surface area contributed by atoms with Gasteiger partial charge >= 0.3 is 0 Å². The number of fused-ring (bicyclic) bond motifs is 6. The van der Waals surface area contributed by atoms with Crippen molar-refractivity contribution >= 4 is 43.6 Å². The SMILES string of the molecule is c1ccc(-c2ccccc2-c2ccccc2-c2c(-c3ncccc3-c3cccc4c3[nH]c3ccccc34)ccc3c2[nH]c2ccccc23)cc1. The van der Waals surface area contributed by atoms with Crippen molar-refractivity contribution in [3.63, 3.8) is 0 Å². The van der Waals surface area contributed by atoms with E-state index in [1.807, 2.05) is 12.3 Å². The summed E-state index contributed by atoms with van der Waals surface area (Å²) in [5.41, 5.74) is 15.8. The van der Waals surface area contributed by atoms with Crippen LogP contribution >= 0.6 is 0 Å². The third kappa shape index (κ3) is 4.41. The molecule has 3 nitrogen and oxygen atoms in total. The molecule has 0 aliphatic heterocycles. The molecule has 3 heteroatoms. The fraction of sp³-hybridized carbons (Fsp3) is 0. The molecule has 2 N–H and O–H groups in total. The van der Waals surface area contributed by atoms with Gasteiger partial charge in [-0.1, -0.05) is 152 Å². The highest BCUT2D eigenvalue weighted by Crippen LogP contribution is 2.47. The van der Waals surface area contributed by atoms with E-state index >= 15 is 0 Å². The Balaban J connectivity index is 1.29. The van der Waals surface area contributed by atoms with Crippen LogP contribution in [0.3, 0.4) is 0 Å². The minimum absolute atomic E-state index is 0.945. The Morgan fingerprint density at radius 3 is 1.62 bits per heavy atom. The van der Waals surface area contributed by atoms with Crippen LogP contribution in [0.25, 0.3) is 99.4 Å². The van der Waals surface area contributed by atoms with E-state index in [2.05, 4.69) is 174 Å². The van der Waals surface area contributed by atoms with Crippen molar-refractivity contribution < 1.29 is 0 Å². The molecule has 0 saturated heterocycles. The Morgan fingerprint density at radius 1 is 0.320 bits per heavy atom. The van der Waals surface area contributed by atoms with Crippen LogP contribution in [0.1, 0.15) is 0 Å². The minimum atomic E-state index is 0.945. The number of H-pyrrole nitrogens is 2. The van der Waals surface area contributed by atoms with Crippen LogP contribution in [0.15, 0.2) is 176 Å². The summed E-state index contributed by atoms with van der Waals surface area (Å²) in [7, 11) is 0. The van der Waals surface area contributed by atoms with E-state index in [-0.39, 0.29) is 0 Å². The van der Waals surface area contributed by atoms with E-state index in [0.717, 1.165) is 55.6 Å². The largest absolute Gasteiger partial charge is 0.354 e.